The van der Waals surface area contributed by atoms with Gasteiger partial charge in [-0.1, -0.05) is 19.1 Å². The summed E-state index contributed by atoms with van der Waals surface area (Å²) < 4.78 is 5.41. The molecule has 1 aromatic carbocycles. The molecule has 0 aliphatic rings. The number of ether oxygens (including phenoxy) is 1. The average molecular weight is 267 g/mol. The Bertz CT molecular complexity index is 446. The second-order valence-corrected chi connectivity index (χ2v) is 3.89. The first-order valence-corrected chi connectivity index (χ1v) is 5.96. The summed E-state index contributed by atoms with van der Waals surface area (Å²) in [6, 6.07) is 5.23. The summed E-state index contributed by atoms with van der Waals surface area (Å²) in [6.07, 6.45) is 0.796. The molecule has 0 bridgehead atoms. The van der Waals surface area contributed by atoms with E-state index in [1.807, 2.05) is 6.92 Å². The maximum absolute atomic E-state index is 11.9. The molecule has 1 aromatic rings. The predicted molar refractivity (Wildman–Crippen MR) is 68.2 cm³/mol. The molecule has 0 heterocycles. The zero-order chi connectivity index (χ0) is 14.3. The van der Waals surface area contributed by atoms with Gasteiger partial charge in [-0.2, -0.15) is 0 Å². The van der Waals surface area contributed by atoms with Crippen LogP contribution in [0.15, 0.2) is 24.3 Å². The van der Waals surface area contributed by atoms with Crippen molar-refractivity contribution in [1.29, 1.82) is 0 Å². The summed E-state index contributed by atoms with van der Waals surface area (Å²) in [5, 5.41) is 19.9. The summed E-state index contributed by atoms with van der Waals surface area (Å²) in [7, 11) is 0. The number of aliphatic hydroxyl groups excluding tert-OH is 1. The van der Waals surface area contributed by atoms with Gasteiger partial charge in [-0.15, -0.1) is 0 Å². The predicted octanol–water partition coefficient (Wildman–Crippen LogP) is 0.651. The standard InChI is InChI=1S/C13H17NO5/c1-2-7-19-11-6-4-3-5-9(11)12(16)14-10(8-15)13(17)18/h3-6,10,15H,2,7-8H2,1H3,(H,14,16)(H,17,18)/t10-/m0/s1. The number of carbonyl (C=O) groups excluding carboxylic acids is 1. The third-order valence-electron chi connectivity index (χ3n) is 2.38. The zero-order valence-corrected chi connectivity index (χ0v) is 10.6. The molecule has 0 radical (unpaired) electrons. The minimum absolute atomic E-state index is 0.246. The molecule has 6 heteroatoms. The highest BCUT2D eigenvalue weighted by Gasteiger charge is 2.21. The second kappa shape index (κ2) is 7.38. The molecule has 1 atom stereocenters. The van der Waals surface area contributed by atoms with Crippen molar-refractivity contribution < 1.29 is 24.5 Å². The Morgan fingerprint density at radius 3 is 2.63 bits per heavy atom. The molecule has 0 aromatic heterocycles. The third-order valence-corrected chi connectivity index (χ3v) is 2.38. The average Bonchev–Trinajstić information content (AvgIpc) is 2.42. The monoisotopic (exact) mass is 267 g/mol. The lowest BCUT2D eigenvalue weighted by molar-refractivity contribution is -0.140. The van der Waals surface area contributed by atoms with E-state index >= 15 is 0 Å². The highest BCUT2D eigenvalue weighted by Crippen LogP contribution is 2.18. The van der Waals surface area contributed by atoms with Crippen LogP contribution in [0.1, 0.15) is 23.7 Å². The van der Waals surface area contributed by atoms with Crippen LogP contribution in [0.2, 0.25) is 0 Å². The number of para-hydroxylation sites is 1. The van der Waals surface area contributed by atoms with E-state index in [0.29, 0.717) is 12.4 Å². The van der Waals surface area contributed by atoms with E-state index < -0.39 is 24.5 Å². The Hall–Kier alpha value is -2.08. The Balaban J connectivity index is 2.83. The molecule has 104 valence electrons. The van der Waals surface area contributed by atoms with E-state index in [9.17, 15) is 9.59 Å². The number of nitrogens with one attached hydrogen (secondary N) is 1. The Morgan fingerprint density at radius 1 is 1.37 bits per heavy atom. The van der Waals surface area contributed by atoms with Gasteiger partial charge in [0.15, 0.2) is 6.04 Å². The first-order chi connectivity index (χ1) is 9.10. The SMILES string of the molecule is CCCOc1ccccc1C(=O)N[C@@H](CO)C(=O)O. The number of amides is 1. The molecule has 0 aliphatic carbocycles. The van der Waals surface area contributed by atoms with Crippen molar-refractivity contribution in [2.24, 2.45) is 0 Å². The van der Waals surface area contributed by atoms with Crippen LogP contribution < -0.4 is 10.1 Å². The van der Waals surface area contributed by atoms with Crippen LogP contribution in [-0.4, -0.2) is 41.3 Å². The molecular weight excluding hydrogens is 250 g/mol. The van der Waals surface area contributed by atoms with Crippen molar-refractivity contribution in [2.45, 2.75) is 19.4 Å². The van der Waals surface area contributed by atoms with Gasteiger partial charge in [-0.05, 0) is 18.6 Å². The lowest BCUT2D eigenvalue weighted by atomic mass is 10.1. The minimum atomic E-state index is -1.33. The van der Waals surface area contributed by atoms with Crippen LogP contribution >= 0.6 is 0 Å². The Morgan fingerprint density at radius 2 is 2.05 bits per heavy atom. The van der Waals surface area contributed by atoms with E-state index in [4.69, 9.17) is 14.9 Å². The smallest absolute Gasteiger partial charge is 0.328 e. The van der Waals surface area contributed by atoms with Gasteiger partial charge in [0, 0.05) is 0 Å². The number of aliphatic carboxylic acids is 1. The molecule has 1 amide bonds. The molecule has 0 saturated heterocycles. The van der Waals surface area contributed by atoms with E-state index in [2.05, 4.69) is 5.32 Å². The third kappa shape index (κ3) is 4.26. The number of hydrogen-bond donors (Lipinski definition) is 3. The quantitative estimate of drug-likeness (QED) is 0.674. The van der Waals surface area contributed by atoms with Crippen molar-refractivity contribution in [3.8, 4) is 5.75 Å². The van der Waals surface area contributed by atoms with E-state index in [0.717, 1.165) is 6.42 Å². The molecule has 1 rings (SSSR count). The summed E-state index contributed by atoms with van der Waals surface area (Å²) in [5.41, 5.74) is 0.246. The summed E-state index contributed by atoms with van der Waals surface area (Å²) >= 11 is 0. The van der Waals surface area contributed by atoms with Gasteiger partial charge in [0.1, 0.15) is 5.75 Å². The maximum Gasteiger partial charge on any atom is 0.328 e. The lowest BCUT2D eigenvalue weighted by Gasteiger charge is -2.14. The molecule has 6 nitrogen and oxygen atoms in total. The van der Waals surface area contributed by atoms with Crippen molar-refractivity contribution in [1.82, 2.24) is 5.32 Å². The van der Waals surface area contributed by atoms with Crippen LogP contribution in [0, 0.1) is 0 Å². The van der Waals surface area contributed by atoms with Gasteiger partial charge in [-0.3, -0.25) is 4.79 Å². The van der Waals surface area contributed by atoms with Crippen molar-refractivity contribution in [3.05, 3.63) is 29.8 Å². The zero-order valence-electron chi connectivity index (χ0n) is 10.6. The van der Waals surface area contributed by atoms with Gasteiger partial charge in [0.05, 0.1) is 18.8 Å². The maximum atomic E-state index is 11.9. The normalized spacial score (nSPS) is 11.7. The fraction of sp³-hybridized carbons (Fsp3) is 0.385. The van der Waals surface area contributed by atoms with Gasteiger partial charge in [0.25, 0.3) is 5.91 Å². The van der Waals surface area contributed by atoms with Crippen LogP contribution in [0.4, 0.5) is 0 Å². The van der Waals surface area contributed by atoms with E-state index in [1.54, 1.807) is 18.2 Å². The molecule has 0 unspecified atom stereocenters. The number of rotatable bonds is 7. The van der Waals surface area contributed by atoms with Crippen molar-refractivity contribution in [2.75, 3.05) is 13.2 Å². The molecule has 0 spiro atoms. The second-order valence-electron chi connectivity index (χ2n) is 3.89. The molecule has 0 aliphatic heterocycles. The summed E-state index contributed by atoms with van der Waals surface area (Å²) in [5.74, 6) is -1.49. The van der Waals surface area contributed by atoms with Crippen molar-refractivity contribution >= 4 is 11.9 Å². The highest BCUT2D eigenvalue weighted by molar-refractivity contribution is 5.98. The fourth-order valence-corrected chi connectivity index (χ4v) is 1.41. The lowest BCUT2D eigenvalue weighted by Crippen LogP contribution is -2.43. The molecule has 19 heavy (non-hydrogen) atoms. The van der Waals surface area contributed by atoms with Crippen LogP contribution in [0.3, 0.4) is 0 Å². The fourth-order valence-electron chi connectivity index (χ4n) is 1.41. The number of aliphatic hydroxyl groups is 1. The molecule has 3 N–H and O–H groups in total. The van der Waals surface area contributed by atoms with E-state index in [1.165, 1.54) is 6.07 Å². The van der Waals surface area contributed by atoms with E-state index in [-0.39, 0.29) is 5.56 Å². The first-order valence-electron chi connectivity index (χ1n) is 5.96. The summed E-state index contributed by atoms with van der Waals surface area (Å²) in [6.45, 7) is 1.74. The molecule has 0 saturated carbocycles. The number of carboxylic acid groups (broad SMARTS) is 1. The molecule has 0 fully saturated rings. The van der Waals surface area contributed by atoms with Crippen LogP contribution in [0.5, 0.6) is 5.75 Å². The highest BCUT2D eigenvalue weighted by atomic mass is 16.5. The largest absolute Gasteiger partial charge is 0.493 e. The van der Waals surface area contributed by atoms with Gasteiger partial charge < -0.3 is 20.3 Å². The summed E-state index contributed by atoms with van der Waals surface area (Å²) in [4.78, 5) is 22.7. The van der Waals surface area contributed by atoms with Crippen LogP contribution in [0.25, 0.3) is 0 Å². The topological polar surface area (TPSA) is 95.9 Å². The van der Waals surface area contributed by atoms with Gasteiger partial charge in [0.2, 0.25) is 0 Å². The number of benzene rings is 1. The first kappa shape index (κ1) is 15.0. The van der Waals surface area contributed by atoms with Gasteiger partial charge >= 0.3 is 5.97 Å². The number of carbonyl (C=O) groups is 2. The molecular formula is C13H17NO5. The van der Waals surface area contributed by atoms with Gasteiger partial charge in [-0.25, -0.2) is 4.79 Å². The minimum Gasteiger partial charge on any atom is -0.493 e. The van der Waals surface area contributed by atoms with Crippen LogP contribution in [-0.2, 0) is 4.79 Å². The Labute approximate surface area is 111 Å². The number of hydrogen-bond acceptors (Lipinski definition) is 4. The Kier molecular flexibility index (Phi) is 5.81. The van der Waals surface area contributed by atoms with Crippen molar-refractivity contribution in [3.63, 3.8) is 0 Å². The number of carboxylic acids is 1.